The Morgan fingerprint density at radius 3 is 2.15 bits per heavy atom. The molecule has 5 atom stereocenters. The highest BCUT2D eigenvalue weighted by Gasteiger charge is 2.43. The van der Waals surface area contributed by atoms with Gasteiger partial charge in [-0.3, -0.25) is 28.8 Å². The smallest absolute Gasteiger partial charge is 0.407 e. The second kappa shape index (κ2) is 18.7. The van der Waals surface area contributed by atoms with Crippen LogP contribution in [0.15, 0.2) is 30.3 Å². The lowest BCUT2D eigenvalue weighted by atomic mass is 10.0. The first kappa shape index (κ1) is 39.7. The Morgan fingerprint density at radius 1 is 0.938 bits per heavy atom. The molecular formula is C34H52N6O8. The standard InChI is InChI=1S/C34H52N6O8/c1-9-13-24(29(42)31(44)35-18-26(41)37-28(32(45)39(7)8)23-14-11-10-12-15-23)36-30(43)25-17-16-22(6)40(25)33(46)27(21(4)5)38-34(47)48-19-20(2)3/h10-12,14-15,20-22,24-25,27-28H,9,13,16-19H2,1-8H3,(H,35,44)(H,36,43)(H,37,41)(H,38,47)/t22-,24-,25-,27-,28-/m0/s1. The average Bonchev–Trinajstić information content (AvgIpc) is 3.44. The lowest BCUT2D eigenvalue weighted by Gasteiger charge is -2.33. The van der Waals surface area contributed by atoms with E-state index in [0.29, 0.717) is 24.8 Å². The molecule has 1 heterocycles. The summed E-state index contributed by atoms with van der Waals surface area (Å²) in [7, 11) is 3.11. The highest BCUT2D eigenvalue weighted by molar-refractivity contribution is 6.38. The molecule has 1 aromatic carbocycles. The number of carbonyl (C=O) groups is 7. The minimum atomic E-state index is -1.20. The van der Waals surface area contributed by atoms with Gasteiger partial charge in [0.2, 0.25) is 29.4 Å². The Morgan fingerprint density at radius 2 is 1.58 bits per heavy atom. The summed E-state index contributed by atoms with van der Waals surface area (Å²) in [5.74, 6) is -4.32. The fourth-order valence-electron chi connectivity index (χ4n) is 5.33. The van der Waals surface area contributed by atoms with E-state index >= 15 is 0 Å². The maximum atomic E-state index is 13.7. The van der Waals surface area contributed by atoms with Crippen molar-refractivity contribution in [1.29, 1.82) is 0 Å². The molecule has 0 aromatic heterocycles. The molecular weight excluding hydrogens is 620 g/mol. The Kier molecular flexibility index (Phi) is 15.5. The van der Waals surface area contributed by atoms with Crippen LogP contribution in [-0.2, 0) is 33.5 Å². The van der Waals surface area contributed by atoms with E-state index in [2.05, 4.69) is 21.3 Å². The molecule has 1 fully saturated rings. The normalized spacial score (nSPS) is 17.6. The van der Waals surface area contributed by atoms with Gasteiger partial charge >= 0.3 is 6.09 Å². The topological polar surface area (TPSA) is 183 Å². The number of ether oxygens (including phenoxy) is 1. The van der Waals surface area contributed by atoms with Crippen molar-refractivity contribution in [3.05, 3.63) is 35.9 Å². The summed E-state index contributed by atoms with van der Waals surface area (Å²) in [5.41, 5.74) is 0.549. The van der Waals surface area contributed by atoms with Gasteiger partial charge in [0, 0.05) is 20.1 Å². The van der Waals surface area contributed by atoms with Gasteiger partial charge in [0.15, 0.2) is 0 Å². The van der Waals surface area contributed by atoms with Crippen LogP contribution in [0, 0.1) is 11.8 Å². The highest BCUT2D eigenvalue weighted by atomic mass is 16.5. The van der Waals surface area contributed by atoms with Crippen LogP contribution < -0.4 is 21.3 Å². The van der Waals surface area contributed by atoms with Gasteiger partial charge in [-0.25, -0.2) is 4.79 Å². The van der Waals surface area contributed by atoms with Crippen LogP contribution in [0.4, 0.5) is 4.79 Å². The molecule has 1 aliphatic rings. The number of carbonyl (C=O) groups excluding carboxylic acids is 7. The van der Waals surface area contributed by atoms with Crippen LogP contribution in [0.3, 0.4) is 0 Å². The molecule has 0 spiro atoms. The van der Waals surface area contributed by atoms with E-state index in [9.17, 15) is 33.6 Å². The summed E-state index contributed by atoms with van der Waals surface area (Å²) < 4.78 is 5.20. The number of likely N-dealkylation sites (N-methyl/N-ethyl adjacent to an activating group) is 1. The number of hydrogen-bond acceptors (Lipinski definition) is 8. The summed E-state index contributed by atoms with van der Waals surface area (Å²) >= 11 is 0. The molecule has 48 heavy (non-hydrogen) atoms. The number of amides is 6. The summed E-state index contributed by atoms with van der Waals surface area (Å²) in [4.78, 5) is 94.0. The minimum absolute atomic E-state index is 0.111. The van der Waals surface area contributed by atoms with Crippen molar-refractivity contribution in [2.75, 3.05) is 27.2 Å². The van der Waals surface area contributed by atoms with Crippen molar-refractivity contribution in [1.82, 2.24) is 31.1 Å². The lowest BCUT2D eigenvalue weighted by molar-refractivity contribution is -0.144. The first-order valence-electron chi connectivity index (χ1n) is 16.5. The molecule has 1 aromatic rings. The number of ketones is 1. The Bertz CT molecular complexity index is 1300. The summed E-state index contributed by atoms with van der Waals surface area (Å²) in [6.45, 7) is 10.5. The van der Waals surface area contributed by atoms with Gasteiger partial charge in [0.1, 0.15) is 18.1 Å². The number of Topliss-reactive ketones (excluding diaryl/α,β-unsaturated/α-hetero) is 1. The Balaban J connectivity index is 2.09. The van der Waals surface area contributed by atoms with E-state index in [-0.39, 0.29) is 36.8 Å². The zero-order chi connectivity index (χ0) is 36.1. The number of nitrogens with one attached hydrogen (secondary N) is 4. The van der Waals surface area contributed by atoms with Crippen LogP contribution in [-0.4, -0.2) is 103 Å². The van der Waals surface area contributed by atoms with E-state index in [1.54, 1.807) is 72.1 Å². The molecule has 0 saturated carbocycles. The van der Waals surface area contributed by atoms with Crippen molar-refractivity contribution in [2.45, 2.75) is 97.4 Å². The fourth-order valence-corrected chi connectivity index (χ4v) is 5.33. The molecule has 6 amide bonds. The molecule has 0 radical (unpaired) electrons. The molecule has 0 aliphatic carbocycles. The summed E-state index contributed by atoms with van der Waals surface area (Å²) in [6.07, 6.45) is 0.726. The molecule has 14 heteroatoms. The van der Waals surface area contributed by atoms with Gasteiger partial charge in [-0.1, -0.05) is 71.4 Å². The van der Waals surface area contributed by atoms with Gasteiger partial charge in [-0.2, -0.15) is 0 Å². The van der Waals surface area contributed by atoms with E-state index in [4.69, 9.17) is 4.74 Å². The number of benzene rings is 1. The number of hydrogen-bond donors (Lipinski definition) is 4. The molecule has 4 N–H and O–H groups in total. The van der Waals surface area contributed by atoms with Crippen LogP contribution in [0.2, 0.25) is 0 Å². The minimum Gasteiger partial charge on any atom is -0.449 e. The number of likely N-dealkylation sites (tertiary alicyclic amines) is 1. The lowest BCUT2D eigenvalue weighted by Crippen LogP contribution is -2.58. The largest absolute Gasteiger partial charge is 0.449 e. The molecule has 1 aliphatic heterocycles. The summed E-state index contributed by atoms with van der Waals surface area (Å²) in [6, 6.07) is 4.23. The number of rotatable bonds is 16. The maximum absolute atomic E-state index is 13.7. The van der Waals surface area contributed by atoms with Crippen molar-refractivity contribution < 1.29 is 38.3 Å². The molecule has 1 saturated heterocycles. The van der Waals surface area contributed by atoms with Gasteiger partial charge in [-0.15, -0.1) is 0 Å². The van der Waals surface area contributed by atoms with Crippen LogP contribution in [0.5, 0.6) is 0 Å². The molecule has 0 bridgehead atoms. The van der Waals surface area contributed by atoms with Crippen molar-refractivity contribution in [2.24, 2.45) is 11.8 Å². The first-order valence-corrected chi connectivity index (χ1v) is 16.5. The first-order chi connectivity index (χ1) is 22.6. The quantitative estimate of drug-likeness (QED) is 0.191. The van der Waals surface area contributed by atoms with E-state index in [1.165, 1.54) is 9.80 Å². The molecule has 2 rings (SSSR count). The van der Waals surface area contributed by atoms with Gasteiger partial charge < -0.3 is 35.8 Å². The van der Waals surface area contributed by atoms with Crippen LogP contribution >= 0.6 is 0 Å². The summed E-state index contributed by atoms with van der Waals surface area (Å²) in [5, 5.41) is 10.2. The van der Waals surface area contributed by atoms with Gasteiger partial charge in [0.25, 0.3) is 5.91 Å². The zero-order valence-electron chi connectivity index (χ0n) is 29.3. The van der Waals surface area contributed by atoms with Gasteiger partial charge in [-0.05, 0) is 43.6 Å². The van der Waals surface area contributed by atoms with E-state index in [0.717, 1.165) is 0 Å². The molecule has 266 valence electrons. The maximum Gasteiger partial charge on any atom is 0.407 e. The molecule has 0 unspecified atom stereocenters. The average molecular weight is 673 g/mol. The third-order valence-electron chi connectivity index (χ3n) is 7.95. The Hall–Kier alpha value is -4.49. The predicted molar refractivity (Wildman–Crippen MR) is 178 cm³/mol. The third kappa shape index (κ3) is 11.3. The van der Waals surface area contributed by atoms with Crippen molar-refractivity contribution in [3.63, 3.8) is 0 Å². The Labute approximate surface area is 283 Å². The van der Waals surface area contributed by atoms with Crippen LogP contribution in [0.25, 0.3) is 0 Å². The number of nitrogens with zero attached hydrogens (tertiary/aromatic N) is 2. The second-order valence-electron chi connectivity index (χ2n) is 13.1. The third-order valence-corrected chi connectivity index (χ3v) is 7.95. The second-order valence-corrected chi connectivity index (χ2v) is 13.1. The van der Waals surface area contributed by atoms with Crippen LogP contribution in [0.1, 0.15) is 78.8 Å². The van der Waals surface area contributed by atoms with Crippen molar-refractivity contribution in [3.8, 4) is 0 Å². The predicted octanol–water partition coefficient (Wildman–Crippen LogP) is 1.69. The van der Waals surface area contributed by atoms with E-state index < -0.39 is 66.2 Å². The molecule has 14 nitrogen and oxygen atoms in total. The fraction of sp³-hybridized carbons (Fsp3) is 0.618. The highest BCUT2D eigenvalue weighted by Crippen LogP contribution is 2.26. The SMILES string of the molecule is CCC[C@H](NC(=O)[C@@H]1CC[C@H](C)N1C(=O)[C@@H](NC(=O)OCC(C)C)C(C)C)C(=O)C(=O)NCC(=O)N[C@H](C(=O)N(C)C)c1ccccc1. The van der Waals surface area contributed by atoms with E-state index in [1.807, 2.05) is 13.8 Å². The van der Waals surface area contributed by atoms with Crippen molar-refractivity contribution >= 4 is 41.4 Å². The van der Waals surface area contributed by atoms with Gasteiger partial charge in [0.05, 0.1) is 19.2 Å². The number of alkyl carbamates (subject to hydrolysis) is 1. The monoisotopic (exact) mass is 672 g/mol. The zero-order valence-corrected chi connectivity index (χ0v) is 29.3.